The highest BCUT2D eigenvalue weighted by molar-refractivity contribution is 14.1. The summed E-state index contributed by atoms with van der Waals surface area (Å²) >= 11 is 3.94. The van der Waals surface area contributed by atoms with Crippen molar-refractivity contribution < 1.29 is 9.21 Å². The molecule has 4 aromatic rings. The fraction of sp³-hybridized carbons (Fsp3) is 0.267. The molecule has 0 aliphatic heterocycles. The Morgan fingerprint density at radius 2 is 1.83 bits per heavy atom. The summed E-state index contributed by atoms with van der Waals surface area (Å²) in [7, 11) is 0. The monoisotopic (exact) mass is 608 g/mol. The zero-order valence-electron chi connectivity index (χ0n) is 20.7. The summed E-state index contributed by atoms with van der Waals surface area (Å²) in [5.41, 5.74) is 3.90. The maximum Gasteiger partial charge on any atom is 0.259 e. The van der Waals surface area contributed by atoms with E-state index in [2.05, 4.69) is 60.8 Å². The molecule has 184 valence electrons. The molecule has 4 nitrogen and oxygen atoms in total. The topological polar surface area (TPSA) is 54.6 Å². The van der Waals surface area contributed by atoms with E-state index in [0.29, 0.717) is 17.2 Å². The van der Waals surface area contributed by atoms with Gasteiger partial charge in [-0.2, -0.15) is 0 Å². The summed E-state index contributed by atoms with van der Waals surface area (Å²) in [6, 6.07) is 21.7. The molecule has 0 unspecified atom stereocenters. The first kappa shape index (κ1) is 25.0. The molecule has 0 saturated carbocycles. The number of halogens is 1. The number of benzene rings is 2. The standard InChI is InChI=1S/C30H29IN2O2S/c1-30(2,3)20-11-15-24-26(17-20)36-29(27(24)28(34)33-22-7-5-4-6-8-22)32-18-23-14-16-25(35-23)19-9-12-21(31)13-10-19/h4-10,12-14,16,18,20H,11,15,17H2,1-3H3,(H,33,34)/t20-/m1/s1. The van der Waals surface area contributed by atoms with Crippen LogP contribution in [-0.4, -0.2) is 12.1 Å². The first-order chi connectivity index (χ1) is 17.3. The molecule has 0 bridgehead atoms. The minimum absolute atomic E-state index is 0.0981. The fourth-order valence-electron chi connectivity index (χ4n) is 4.66. The smallest absolute Gasteiger partial charge is 0.259 e. The number of nitrogens with zero attached hydrogens (tertiary/aromatic N) is 1. The highest BCUT2D eigenvalue weighted by Gasteiger charge is 2.33. The summed E-state index contributed by atoms with van der Waals surface area (Å²) in [5, 5.41) is 3.82. The van der Waals surface area contributed by atoms with Gasteiger partial charge in [0.15, 0.2) is 0 Å². The number of carbonyl (C=O) groups excluding carboxylic acids is 1. The molecule has 2 heterocycles. The summed E-state index contributed by atoms with van der Waals surface area (Å²) in [6.45, 7) is 6.92. The molecule has 6 heteroatoms. The van der Waals surface area contributed by atoms with E-state index in [-0.39, 0.29) is 11.3 Å². The highest BCUT2D eigenvalue weighted by atomic mass is 127. The number of fused-ring (bicyclic) bond motifs is 1. The summed E-state index contributed by atoms with van der Waals surface area (Å²) in [4.78, 5) is 19.5. The van der Waals surface area contributed by atoms with Gasteiger partial charge in [0.2, 0.25) is 0 Å². The van der Waals surface area contributed by atoms with E-state index in [1.807, 2.05) is 54.6 Å². The zero-order chi connectivity index (χ0) is 25.3. The summed E-state index contributed by atoms with van der Waals surface area (Å²) in [6.07, 6.45) is 4.70. The van der Waals surface area contributed by atoms with Gasteiger partial charge in [-0.3, -0.25) is 4.79 Å². The second-order valence-electron chi connectivity index (χ2n) is 10.3. The lowest BCUT2D eigenvalue weighted by Gasteiger charge is -2.33. The molecule has 2 aromatic carbocycles. The van der Waals surface area contributed by atoms with Crippen LogP contribution in [-0.2, 0) is 12.8 Å². The fourth-order valence-corrected chi connectivity index (χ4v) is 6.29. The van der Waals surface area contributed by atoms with Gasteiger partial charge >= 0.3 is 0 Å². The van der Waals surface area contributed by atoms with Crippen molar-refractivity contribution in [2.75, 3.05) is 5.32 Å². The number of para-hydroxylation sites is 1. The number of aliphatic imine (C=N–C) groups is 1. The summed E-state index contributed by atoms with van der Waals surface area (Å²) in [5.74, 6) is 1.96. The number of rotatable bonds is 5. The van der Waals surface area contributed by atoms with Crippen LogP contribution in [0.3, 0.4) is 0 Å². The van der Waals surface area contributed by atoms with Gasteiger partial charge in [0.25, 0.3) is 5.91 Å². The van der Waals surface area contributed by atoms with Gasteiger partial charge in [-0.25, -0.2) is 4.99 Å². The van der Waals surface area contributed by atoms with E-state index in [9.17, 15) is 4.79 Å². The van der Waals surface area contributed by atoms with E-state index in [1.54, 1.807) is 17.6 Å². The van der Waals surface area contributed by atoms with Gasteiger partial charge in [0.05, 0.1) is 11.8 Å². The molecule has 2 aromatic heterocycles. The number of nitrogens with one attached hydrogen (secondary N) is 1. The molecule has 0 spiro atoms. The lowest BCUT2D eigenvalue weighted by atomic mass is 9.72. The Hall–Kier alpha value is -2.71. The van der Waals surface area contributed by atoms with Crippen molar-refractivity contribution in [3.8, 4) is 11.3 Å². The van der Waals surface area contributed by atoms with Gasteiger partial charge in [0.1, 0.15) is 16.5 Å². The minimum atomic E-state index is -0.0981. The first-order valence-electron chi connectivity index (χ1n) is 12.2. The van der Waals surface area contributed by atoms with E-state index in [4.69, 9.17) is 9.41 Å². The molecule has 36 heavy (non-hydrogen) atoms. The molecule has 1 amide bonds. The van der Waals surface area contributed by atoms with Crippen molar-refractivity contribution >= 4 is 56.7 Å². The zero-order valence-corrected chi connectivity index (χ0v) is 23.7. The Morgan fingerprint density at radius 1 is 1.08 bits per heavy atom. The van der Waals surface area contributed by atoms with Crippen LogP contribution in [0.2, 0.25) is 0 Å². The lowest BCUT2D eigenvalue weighted by Crippen LogP contribution is -2.27. The van der Waals surface area contributed by atoms with E-state index in [0.717, 1.165) is 46.8 Å². The van der Waals surface area contributed by atoms with Crippen LogP contribution in [0.5, 0.6) is 0 Å². The van der Waals surface area contributed by atoms with E-state index in [1.165, 1.54) is 8.45 Å². The second-order valence-corrected chi connectivity index (χ2v) is 12.6. The molecule has 0 radical (unpaired) electrons. The van der Waals surface area contributed by atoms with Crippen molar-refractivity contribution in [1.29, 1.82) is 0 Å². The molecular formula is C30H29IN2O2S. The number of amides is 1. The van der Waals surface area contributed by atoms with Crippen LogP contribution in [0.15, 0.2) is 76.1 Å². The lowest BCUT2D eigenvalue weighted by molar-refractivity contribution is 0.102. The highest BCUT2D eigenvalue weighted by Crippen LogP contribution is 2.45. The Labute approximate surface area is 230 Å². The Morgan fingerprint density at radius 3 is 2.56 bits per heavy atom. The average molecular weight is 609 g/mol. The van der Waals surface area contributed by atoms with Crippen molar-refractivity contribution in [1.82, 2.24) is 0 Å². The molecule has 1 N–H and O–H groups in total. The Balaban J connectivity index is 1.46. The van der Waals surface area contributed by atoms with Crippen LogP contribution in [0.25, 0.3) is 11.3 Å². The third-order valence-corrected chi connectivity index (χ3v) is 8.68. The minimum Gasteiger partial charge on any atom is -0.455 e. The average Bonchev–Trinajstić information content (AvgIpc) is 3.47. The Bertz CT molecular complexity index is 1400. The maximum absolute atomic E-state index is 13.5. The summed E-state index contributed by atoms with van der Waals surface area (Å²) < 4.78 is 7.23. The predicted molar refractivity (Wildman–Crippen MR) is 158 cm³/mol. The number of anilines is 1. The quantitative estimate of drug-likeness (QED) is 0.182. The Kier molecular flexibility index (Phi) is 7.17. The van der Waals surface area contributed by atoms with Gasteiger partial charge in [-0.05, 0) is 95.1 Å². The van der Waals surface area contributed by atoms with Crippen molar-refractivity contribution in [3.63, 3.8) is 0 Å². The van der Waals surface area contributed by atoms with E-state index < -0.39 is 0 Å². The molecule has 5 rings (SSSR count). The predicted octanol–water partition coefficient (Wildman–Crippen LogP) is 8.77. The van der Waals surface area contributed by atoms with Gasteiger partial charge < -0.3 is 9.73 Å². The number of carbonyl (C=O) groups is 1. The van der Waals surface area contributed by atoms with E-state index >= 15 is 0 Å². The number of hydrogen-bond donors (Lipinski definition) is 1. The molecular weight excluding hydrogens is 579 g/mol. The van der Waals surface area contributed by atoms with Gasteiger partial charge in [-0.15, -0.1) is 11.3 Å². The van der Waals surface area contributed by atoms with Crippen LogP contribution in [0.1, 0.15) is 53.8 Å². The van der Waals surface area contributed by atoms with Crippen LogP contribution < -0.4 is 5.32 Å². The normalized spacial score (nSPS) is 15.7. The van der Waals surface area contributed by atoms with Crippen LogP contribution >= 0.6 is 33.9 Å². The molecule has 0 saturated heterocycles. The SMILES string of the molecule is CC(C)(C)[C@@H]1CCc2c(sc(N=Cc3ccc(-c4ccc(I)cc4)o3)c2C(=O)Nc2ccccc2)C1. The first-order valence-corrected chi connectivity index (χ1v) is 14.1. The largest absolute Gasteiger partial charge is 0.455 e. The second kappa shape index (κ2) is 10.3. The molecule has 0 fully saturated rings. The van der Waals surface area contributed by atoms with Crippen LogP contribution in [0.4, 0.5) is 10.7 Å². The number of furan rings is 1. The van der Waals surface area contributed by atoms with Gasteiger partial charge in [-0.1, -0.05) is 51.1 Å². The van der Waals surface area contributed by atoms with Gasteiger partial charge in [0, 0.05) is 19.7 Å². The molecule has 1 aliphatic carbocycles. The van der Waals surface area contributed by atoms with Crippen LogP contribution in [0, 0.1) is 14.9 Å². The van der Waals surface area contributed by atoms with Crippen molar-refractivity contribution in [3.05, 3.63) is 92.1 Å². The third-order valence-electron chi connectivity index (χ3n) is 6.79. The molecule has 1 atom stereocenters. The number of hydrogen-bond acceptors (Lipinski definition) is 4. The number of thiophene rings is 1. The molecule has 1 aliphatic rings. The van der Waals surface area contributed by atoms with Crippen molar-refractivity contribution in [2.45, 2.75) is 40.0 Å². The van der Waals surface area contributed by atoms with Crippen molar-refractivity contribution in [2.24, 2.45) is 16.3 Å². The third kappa shape index (κ3) is 5.49. The maximum atomic E-state index is 13.5.